The van der Waals surface area contributed by atoms with Crippen molar-refractivity contribution in [2.75, 3.05) is 6.26 Å². The number of hydrogen-bond donors (Lipinski definition) is 0. The number of hydrogen-bond acceptors (Lipinski definition) is 0. The largest absolute Gasteiger partial charge is 0.162 e. The molecule has 0 saturated heterocycles. The Morgan fingerprint density at radius 1 is 0.667 bits per heavy atom. The lowest BCUT2D eigenvalue weighted by atomic mass is 10.1. The summed E-state index contributed by atoms with van der Waals surface area (Å²) in [7, 11) is 0.339. The molecule has 0 radical (unpaired) electrons. The molecule has 2 aromatic carbocycles. The average molecular weight is 253 g/mol. The zero-order valence-electron chi connectivity index (χ0n) is 10.5. The maximum absolute atomic E-state index is 2.39. The van der Waals surface area contributed by atoms with Crippen LogP contribution in [0.4, 0.5) is 0 Å². The first-order chi connectivity index (χ1) is 8.86. The van der Waals surface area contributed by atoms with Crippen LogP contribution in [0.25, 0.3) is 0 Å². The SMILES string of the molecule is C[S+]1C(c2ccccc2)C=CC1c1ccccc1. The minimum atomic E-state index is 0.339. The van der Waals surface area contributed by atoms with E-state index in [9.17, 15) is 0 Å². The predicted molar refractivity (Wildman–Crippen MR) is 80.8 cm³/mol. The molecule has 0 fully saturated rings. The van der Waals surface area contributed by atoms with E-state index >= 15 is 0 Å². The van der Waals surface area contributed by atoms with Crippen molar-refractivity contribution in [1.29, 1.82) is 0 Å². The lowest BCUT2D eigenvalue weighted by molar-refractivity contribution is 1.22. The minimum absolute atomic E-state index is 0.339. The molecule has 1 aliphatic heterocycles. The van der Waals surface area contributed by atoms with Crippen molar-refractivity contribution in [1.82, 2.24) is 0 Å². The van der Waals surface area contributed by atoms with Crippen LogP contribution in [0, 0.1) is 0 Å². The molecule has 1 aliphatic rings. The molecule has 18 heavy (non-hydrogen) atoms. The summed E-state index contributed by atoms with van der Waals surface area (Å²) in [4.78, 5) is 0. The molecule has 2 atom stereocenters. The molecule has 0 N–H and O–H groups in total. The van der Waals surface area contributed by atoms with Crippen LogP contribution in [0.2, 0.25) is 0 Å². The van der Waals surface area contributed by atoms with Gasteiger partial charge in [0.1, 0.15) is 0 Å². The second-order valence-corrected chi connectivity index (χ2v) is 6.89. The van der Waals surface area contributed by atoms with Gasteiger partial charge in [-0.25, -0.2) is 0 Å². The summed E-state index contributed by atoms with van der Waals surface area (Å²) in [5.41, 5.74) is 2.89. The van der Waals surface area contributed by atoms with Crippen LogP contribution >= 0.6 is 0 Å². The number of benzene rings is 2. The Balaban J connectivity index is 1.86. The summed E-state index contributed by atoms with van der Waals surface area (Å²) in [6.45, 7) is 0. The first-order valence-electron chi connectivity index (χ1n) is 6.28. The molecule has 2 unspecified atom stereocenters. The van der Waals surface area contributed by atoms with Crippen LogP contribution in [0.15, 0.2) is 72.8 Å². The maximum atomic E-state index is 2.39. The highest BCUT2D eigenvalue weighted by Crippen LogP contribution is 2.41. The van der Waals surface area contributed by atoms with Crippen LogP contribution < -0.4 is 0 Å². The lowest BCUT2D eigenvalue weighted by Gasteiger charge is -2.13. The molecule has 0 amide bonds. The summed E-state index contributed by atoms with van der Waals surface area (Å²) < 4.78 is 0. The summed E-state index contributed by atoms with van der Waals surface area (Å²) in [6, 6.07) is 21.7. The second-order valence-electron chi connectivity index (χ2n) is 4.65. The van der Waals surface area contributed by atoms with Crippen molar-refractivity contribution >= 4 is 10.9 Å². The average Bonchev–Trinajstić information content (AvgIpc) is 2.83. The van der Waals surface area contributed by atoms with E-state index < -0.39 is 0 Å². The van der Waals surface area contributed by atoms with E-state index in [1.165, 1.54) is 11.1 Å². The molecule has 0 spiro atoms. The quantitative estimate of drug-likeness (QED) is 0.553. The third-order valence-electron chi connectivity index (χ3n) is 3.52. The zero-order chi connectivity index (χ0) is 12.4. The van der Waals surface area contributed by atoms with Crippen LogP contribution in [0.3, 0.4) is 0 Å². The molecular formula is C17H17S+. The second kappa shape index (κ2) is 5.03. The molecule has 1 heterocycles. The van der Waals surface area contributed by atoms with Crippen LogP contribution in [0.1, 0.15) is 21.6 Å². The smallest absolute Gasteiger partial charge is 0.0622 e. The van der Waals surface area contributed by atoms with Gasteiger partial charge in [-0.3, -0.25) is 0 Å². The monoisotopic (exact) mass is 253 g/mol. The Kier molecular flexibility index (Phi) is 3.24. The minimum Gasteiger partial charge on any atom is -0.0622 e. The first kappa shape index (κ1) is 11.6. The molecule has 0 aromatic heterocycles. The van der Waals surface area contributed by atoms with Gasteiger partial charge in [0.25, 0.3) is 0 Å². The Bertz CT molecular complexity index is 481. The van der Waals surface area contributed by atoms with Gasteiger partial charge in [0.15, 0.2) is 10.5 Å². The van der Waals surface area contributed by atoms with Gasteiger partial charge in [-0.05, 0) is 12.2 Å². The predicted octanol–water partition coefficient (Wildman–Crippen LogP) is 4.29. The molecule has 1 heteroatoms. The molecule has 90 valence electrons. The molecular weight excluding hydrogens is 236 g/mol. The van der Waals surface area contributed by atoms with Crippen molar-refractivity contribution in [3.05, 3.63) is 83.9 Å². The molecule has 0 bridgehead atoms. The highest BCUT2D eigenvalue weighted by atomic mass is 32.2. The van der Waals surface area contributed by atoms with E-state index in [0.29, 0.717) is 21.4 Å². The number of rotatable bonds is 2. The van der Waals surface area contributed by atoms with Gasteiger partial charge in [-0.15, -0.1) is 0 Å². The van der Waals surface area contributed by atoms with E-state index in [2.05, 4.69) is 79.1 Å². The fourth-order valence-electron chi connectivity index (χ4n) is 2.54. The van der Waals surface area contributed by atoms with E-state index in [4.69, 9.17) is 0 Å². The fraction of sp³-hybridized carbons (Fsp3) is 0.176. The Labute approximate surface area is 112 Å². The van der Waals surface area contributed by atoms with E-state index in [1.54, 1.807) is 0 Å². The first-order valence-corrected chi connectivity index (χ1v) is 8.04. The summed E-state index contributed by atoms with van der Waals surface area (Å²) in [5, 5.41) is 1.16. The summed E-state index contributed by atoms with van der Waals surface area (Å²) in [5.74, 6) is 0. The third-order valence-corrected chi connectivity index (χ3v) is 5.98. The highest BCUT2D eigenvalue weighted by molar-refractivity contribution is 7.97. The van der Waals surface area contributed by atoms with Crippen molar-refractivity contribution in [3.63, 3.8) is 0 Å². The van der Waals surface area contributed by atoms with Crippen LogP contribution in [0.5, 0.6) is 0 Å². The van der Waals surface area contributed by atoms with Gasteiger partial charge in [-0.2, -0.15) is 0 Å². The Morgan fingerprint density at radius 2 is 1.06 bits per heavy atom. The fourth-order valence-corrected chi connectivity index (χ4v) is 4.71. The Morgan fingerprint density at radius 3 is 1.44 bits per heavy atom. The van der Waals surface area contributed by atoms with Crippen molar-refractivity contribution < 1.29 is 0 Å². The maximum Gasteiger partial charge on any atom is 0.162 e. The lowest BCUT2D eigenvalue weighted by Crippen LogP contribution is -2.12. The highest BCUT2D eigenvalue weighted by Gasteiger charge is 2.38. The summed E-state index contributed by atoms with van der Waals surface area (Å²) >= 11 is 0. The molecule has 0 nitrogen and oxygen atoms in total. The molecule has 0 aliphatic carbocycles. The van der Waals surface area contributed by atoms with Gasteiger partial charge in [-0.1, -0.05) is 60.7 Å². The van der Waals surface area contributed by atoms with Gasteiger partial charge < -0.3 is 0 Å². The molecule has 0 saturated carbocycles. The third kappa shape index (κ3) is 2.11. The van der Waals surface area contributed by atoms with Crippen molar-refractivity contribution in [2.24, 2.45) is 0 Å². The van der Waals surface area contributed by atoms with Crippen molar-refractivity contribution in [2.45, 2.75) is 10.5 Å². The van der Waals surface area contributed by atoms with Gasteiger partial charge in [0, 0.05) is 22.0 Å². The molecule has 2 aromatic rings. The standard InChI is InChI=1S/C17H17S/c1-18-16(14-8-4-2-5-9-14)12-13-17(18)15-10-6-3-7-11-15/h2-13,16-17H,1H3/q+1. The zero-order valence-corrected chi connectivity index (χ0v) is 11.3. The van der Waals surface area contributed by atoms with Crippen LogP contribution in [-0.2, 0) is 10.9 Å². The molecule has 3 rings (SSSR count). The van der Waals surface area contributed by atoms with Gasteiger partial charge in [0.2, 0.25) is 0 Å². The topological polar surface area (TPSA) is 0 Å². The summed E-state index contributed by atoms with van der Waals surface area (Å²) in [6.07, 6.45) is 7.15. The van der Waals surface area contributed by atoms with E-state index in [0.717, 1.165) is 0 Å². The van der Waals surface area contributed by atoms with Crippen molar-refractivity contribution in [3.8, 4) is 0 Å². The van der Waals surface area contributed by atoms with E-state index in [1.807, 2.05) is 0 Å². The van der Waals surface area contributed by atoms with Gasteiger partial charge >= 0.3 is 0 Å². The van der Waals surface area contributed by atoms with E-state index in [-0.39, 0.29) is 0 Å². The normalized spacial score (nSPS) is 26.4. The van der Waals surface area contributed by atoms with Crippen LogP contribution in [-0.4, -0.2) is 6.26 Å². The van der Waals surface area contributed by atoms with Gasteiger partial charge in [0.05, 0.1) is 6.26 Å². The Hall–Kier alpha value is -1.47.